The van der Waals surface area contributed by atoms with Crippen molar-refractivity contribution in [3.05, 3.63) is 72.3 Å². The molecule has 0 saturated carbocycles. The maximum absolute atomic E-state index is 5.59. The van der Waals surface area contributed by atoms with Crippen LogP contribution in [0.5, 0.6) is 11.5 Å². The number of anilines is 1. The third-order valence-electron chi connectivity index (χ3n) is 4.73. The molecule has 0 aliphatic rings. The first-order valence-electron chi connectivity index (χ1n) is 10.6. The summed E-state index contributed by atoms with van der Waals surface area (Å²) in [6, 6.07) is 16.2. The van der Waals surface area contributed by atoms with Crippen LogP contribution in [0.3, 0.4) is 0 Å². The standard InChI is InChI=1S/C24H31N5O2/c1-4-25-24(28-20-11-12-21(31-5-2)22(17-20)30-3)27-18-23-26-14-16-29(23)15-13-19-9-7-6-8-10-19/h6-12,14,16-17H,4-5,13,15,18H2,1-3H3,(H2,25,27,28). The summed E-state index contributed by atoms with van der Waals surface area (Å²) >= 11 is 0. The first-order valence-corrected chi connectivity index (χ1v) is 10.6. The van der Waals surface area contributed by atoms with Gasteiger partial charge in [0, 0.05) is 37.2 Å². The summed E-state index contributed by atoms with van der Waals surface area (Å²) in [5.41, 5.74) is 2.18. The van der Waals surface area contributed by atoms with Crippen molar-refractivity contribution in [2.45, 2.75) is 33.4 Å². The van der Waals surface area contributed by atoms with E-state index in [4.69, 9.17) is 14.5 Å². The summed E-state index contributed by atoms with van der Waals surface area (Å²) in [7, 11) is 1.64. The van der Waals surface area contributed by atoms with E-state index in [1.54, 1.807) is 7.11 Å². The van der Waals surface area contributed by atoms with Crippen LogP contribution in [-0.4, -0.2) is 35.8 Å². The number of rotatable bonds is 10. The Morgan fingerprint density at radius 3 is 2.68 bits per heavy atom. The molecular formula is C24H31N5O2. The van der Waals surface area contributed by atoms with Gasteiger partial charge in [0.1, 0.15) is 12.4 Å². The highest BCUT2D eigenvalue weighted by Gasteiger charge is 2.08. The highest BCUT2D eigenvalue weighted by Crippen LogP contribution is 2.30. The van der Waals surface area contributed by atoms with Crippen molar-refractivity contribution < 1.29 is 9.47 Å². The maximum atomic E-state index is 5.59. The average molecular weight is 422 g/mol. The van der Waals surface area contributed by atoms with Gasteiger partial charge in [-0.05, 0) is 38.0 Å². The van der Waals surface area contributed by atoms with Gasteiger partial charge >= 0.3 is 0 Å². The van der Waals surface area contributed by atoms with Gasteiger partial charge in [-0.2, -0.15) is 0 Å². The van der Waals surface area contributed by atoms with Crippen LogP contribution < -0.4 is 20.1 Å². The number of guanidine groups is 1. The lowest BCUT2D eigenvalue weighted by molar-refractivity contribution is 0.311. The van der Waals surface area contributed by atoms with Crippen LogP contribution in [0.25, 0.3) is 0 Å². The molecule has 0 radical (unpaired) electrons. The Kier molecular flexibility index (Phi) is 8.34. The van der Waals surface area contributed by atoms with Crippen molar-refractivity contribution in [2.75, 3.05) is 25.6 Å². The van der Waals surface area contributed by atoms with Gasteiger partial charge in [-0.15, -0.1) is 0 Å². The minimum Gasteiger partial charge on any atom is -0.493 e. The minimum absolute atomic E-state index is 0.477. The van der Waals surface area contributed by atoms with E-state index >= 15 is 0 Å². The molecule has 0 saturated heterocycles. The molecule has 3 aromatic rings. The number of ether oxygens (including phenoxy) is 2. The number of nitrogens with one attached hydrogen (secondary N) is 2. The number of benzene rings is 2. The normalized spacial score (nSPS) is 11.3. The molecule has 31 heavy (non-hydrogen) atoms. The predicted octanol–water partition coefficient (Wildman–Crippen LogP) is 4.11. The van der Waals surface area contributed by atoms with E-state index in [1.807, 2.05) is 50.5 Å². The summed E-state index contributed by atoms with van der Waals surface area (Å²) in [6.07, 6.45) is 4.79. The molecule has 7 nitrogen and oxygen atoms in total. The first-order chi connectivity index (χ1) is 15.2. The molecule has 1 heterocycles. The van der Waals surface area contributed by atoms with Gasteiger partial charge in [-0.25, -0.2) is 9.98 Å². The molecule has 1 aromatic heterocycles. The van der Waals surface area contributed by atoms with E-state index in [1.165, 1.54) is 5.56 Å². The second-order valence-electron chi connectivity index (χ2n) is 6.89. The van der Waals surface area contributed by atoms with Crippen LogP contribution in [0.1, 0.15) is 25.2 Å². The fourth-order valence-corrected chi connectivity index (χ4v) is 3.20. The molecule has 0 spiro atoms. The minimum atomic E-state index is 0.477. The van der Waals surface area contributed by atoms with Crippen LogP contribution in [0, 0.1) is 0 Å². The van der Waals surface area contributed by atoms with Crippen molar-refractivity contribution in [3.63, 3.8) is 0 Å². The van der Waals surface area contributed by atoms with E-state index in [0.717, 1.165) is 36.8 Å². The third kappa shape index (κ3) is 6.50. The van der Waals surface area contributed by atoms with Crippen LogP contribution in [0.2, 0.25) is 0 Å². The molecule has 0 atom stereocenters. The molecule has 0 fully saturated rings. The molecule has 164 valence electrons. The number of methoxy groups -OCH3 is 1. The number of hydrogen-bond donors (Lipinski definition) is 2. The van der Waals surface area contributed by atoms with Gasteiger partial charge in [0.2, 0.25) is 0 Å². The van der Waals surface area contributed by atoms with E-state index in [-0.39, 0.29) is 0 Å². The van der Waals surface area contributed by atoms with E-state index in [2.05, 4.69) is 44.5 Å². The molecule has 2 aromatic carbocycles. The van der Waals surface area contributed by atoms with Crippen LogP contribution >= 0.6 is 0 Å². The Morgan fingerprint density at radius 2 is 1.94 bits per heavy atom. The Labute approximate surface area is 184 Å². The summed E-state index contributed by atoms with van der Waals surface area (Å²) < 4.78 is 13.2. The van der Waals surface area contributed by atoms with Gasteiger partial charge in [-0.3, -0.25) is 0 Å². The highest BCUT2D eigenvalue weighted by atomic mass is 16.5. The second-order valence-corrected chi connectivity index (χ2v) is 6.89. The fraction of sp³-hybridized carbons (Fsp3) is 0.333. The zero-order chi connectivity index (χ0) is 21.9. The van der Waals surface area contributed by atoms with Crippen molar-refractivity contribution in [1.29, 1.82) is 0 Å². The van der Waals surface area contributed by atoms with Crippen LogP contribution in [-0.2, 0) is 19.5 Å². The summed E-state index contributed by atoms with van der Waals surface area (Å²) in [6.45, 7) is 6.68. The SMILES string of the molecule is CCNC(=NCc1nccn1CCc1ccccc1)Nc1ccc(OCC)c(OC)c1. The predicted molar refractivity (Wildman–Crippen MR) is 125 cm³/mol. The molecule has 0 bridgehead atoms. The Balaban J connectivity index is 1.67. The Morgan fingerprint density at radius 1 is 1.10 bits per heavy atom. The number of hydrogen-bond acceptors (Lipinski definition) is 4. The average Bonchev–Trinajstić information content (AvgIpc) is 3.25. The highest BCUT2D eigenvalue weighted by molar-refractivity contribution is 5.93. The number of aliphatic imine (C=N–C) groups is 1. The van der Waals surface area contributed by atoms with Crippen LogP contribution in [0.15, 0.2) is 65.9 Å². The van der Waals surface area contributed by atoms with Gasteiger partial charge in [0.25, 0.3) is 0 Å². The molecule has 3 rings (SSSR count). The largest absolute Gasteiger partial charge is 0.493 e. The monoisotopic (exact) mass is 421 g/mol. The Bertz CT molecular complexity index is 969. The lowest BCUT2D eigenvalue weighted by Gasteiger charge is -2.14. The van der Waals surface area contributed by atoms with E-state index < -0.39 is 0 Å². The van der Waals surface area contributed by atoms with Crippen molar-refractivity contribution >= 4 is 11.6 Å². The lowest BCUT2D eigenvalue weighted by atomic mass is 10.1. The quantitative estimate of drug-likeness (QED) is 0.381. The fourth-order valence-electron chi connectivity index (χ4n) is 3.20. The molecule has 0 unspecified atom stereocenters. The maximum Gasteiger partial charge on any atom is 0.196 e. The van der Waals surface area contributed by atoms with Gasteiger partial charge in [-0.1, -0.05) is 30.3 Å². The number of aryl methyl sites for hydroxylation is 2. The van der Waals surface area contributed by atoms with Crippen LogP contribution in [0.4, 0.5) is 5.69 Å². The summed E-state index contributed by atoms with van der Waals surface area (Å²) in [4.78, 5) is 9.21. The first kappa shape index (κ1) is 22.2. The third-order valence-corrected chi connectivity index (χ3v) is 4.73. The van der Waals surface area contributed by atoms with E-state index in [0.29, 0.717) is 24.9 Å². The summed E-state index contributed by atoms with van der Waals surface area (Å²) in [5, 5.41) is 6.61. The lowest BCUT2D eigenvalue weighted by Crippen LogP contribution is -2.30. The summed E-state index contributed by atoms with van der Waals surface area (Å²) in [5.74, 6) is 3.01. The zero-order valence-electron chi connectivity index (χ0n) is 18.5. The number of imidazole rings is 1. The van der Waals surface area contributed by atoms with E-state index in [9.17, 15) is 0 Å². The smallest absolute Gasteiger partial charge is 0.196 e. The molecular weight excluding hydrogens is 390 g/mol. The van der Waals surface area contributed by atoms with Gasteiger partial charge in [0.15, 0.2) is 17.5 Å². The Hall–Kier alpha value is -3.48. The van der Waals surface area contributed by atoms with Crippen molar-refractivity contribution in [2.24, 2.45) is 4.99 Å². The van der Waals surface area contributed by atoms with Gasteiger partial charge < -0.3 is 24.7 Å². The second kappa shape index (κ2) is 11.6. The molecule has 0 aliphatic carbocycles. The van der Waals surface area contributed by atoms with Crippen molar-refractivity contribution in [3.8, 4) is 11.5 Å². The molecule has 0 amide bonds. The van der Waals surface area contributed by atoms with Gasteiger partial charge in [0.05, 0.1) is 13.7 Å². The molecule has 2 N–H and O–H groups in total. The topological polar surface area (TPSA) is 72.7 Å². The molecule has 7 heteroatoms. The number of aromatic nitrogens is 2. The molecule has 0 aliphatic heterocycles. The van der Waals surface area contributed by atoms with Crippen molar-refractivity contribution in [1.82, 2.24) is 14.9 Å². The zero-order valence-corrected chi connectivity index (χ0v) is 18.5. The number of nitrogens with zero attached hydrogens (tertiary/aromatic N) is 3.